The second-order valence-corrected chi connectivity index (χ2v) is 5.65. The molecule has 0 fully saturated rings. The maximum Gasteiger partial charge on any atom is 0.218 e. The highest BCUT2D eigenvalue weighted by atomic mass is 16.5. The Labute approximate surface area is 154 Å². The van der Waals surface area contributed by atoms with Crippen molar-refractivity contribution in [3.63, 3.8) is 0 Å². The van der Waals surface area contributed by atoms with Crippen molar-refractivity contribution in [2.75, 3.05) is 26.8 Å². The summed E-state index contributed by atoms with van der Waals surface area (Å²) in [6.07, 6.45) is 5.22. The average molecular weight is 360 g/mol. The van der Waals surface area contributed by atoms with Gasteiger partial charge in [-0.25, -0.2) is 4.98 Å². The summed E-state index contributed by atoms with van der Waals surface area (Å²) in [6, 6.07) is 7.67. The van der Waals surface area contributed by atoms with Crippen LogP contribution in [0.25, 0.3) is 0 Å². The van der Waals surface area contributed by atoms with Gasteiger partial charge >= 0.3 is 0 Å². The molecule has 0 amide bonds. The SMILES string of the molecule is CCCOc1ncccc1CNC(=NC)NCCCOCc1ccco1. The summed E-state index contributed by atoms with van der Waals surface area (Å²) in [5.74, 6) is 2.25. The number of guanidine groups is 1. The van der Waals surface area contributed by atoms with E-state index in [0.29, 0.717) is 32.2 Å². The molecule has 0 saturated heterocycles. The number of ether oxygens (including phenoxy) is 2. The Morgan fingerprint density at radius 2 is 2.15 bits per heavy atom. The van der Waals surface area contributed by atoms with Gasteiger partial charge in [-0.2, -0.15) is 0 Å². The molecule has 7 nitrogen and oxygen atoms in total. The number of nitrogens with one attached hydrogen (secondary N) is 2. The number of hydrogen-bond donors (Lipinski definition) is 2. The van der Waals surface area contributed by atoms with Gasteiger partial charge in [-0.05, 0) is 31.0 Å². The van der Waals surface area contributed by atoms with Crippen molar-refractivity contribution < 1.29 is 13.9 Å². The lowest BCUT2D eigenvalue weighted by Crippen LogP contribution is -2.37. The Bertz CT molecular complexity index is 644. The fraction of sp³-hybridized carbons (Fsp3) is 0.474. The van der Waals surface area contributed by atoms with E-state index in [1.807, 2.05) is 24.3 Å². The Balaban J connectivity index is 1.64. The van der Waals surface area contributed by atoms with Crippen molar-refractivity contribution >= 4 is 5.96 Å². The molecule has 2 rings (SSSR count). The summed E-state index contributed by atoms with van der Waals surface area (Å²) >= 11 is 0. The van der Waals surface area contributed by atoms with Gasteiger partial charge in [0.25, 0.3) is 0 Å². The van der Waals surface area contributed by atoms with Gasteiger partial charge in [0.1, 0.15) is 12.4 Å². The minimum absolute atomic E-state index is 0.502. The zero-order valence-corrected chi connectivity index (χ0v) is 15.5. The maximum absolute atomic E-state index is 5.67. The van der Waals surface area contributed by atoms with Crippen molar-refractivity contribution in [2.45, 2.75) is 32.9 Å². The molecule has 7 heteroatoms. The average Bonchev–Trinajstić information content (AvgIpc) is 3.19. The van der Waals surface area contributed by atoms with Gasteiger partial charge in [-0.3, -0.25) is 4.99 Å². The van der Waals surface area contributed by atoms with Gasteiger partial charge in [-0.1, -0.05) is 13.0 Å². The number of rotatable bonds is 11. The quantitative estimate of drug-likeness (QED) is 0.364. The third kappa shape index (κ3) is 7.14. The number of aromatic nitrogens is 1. The van der Waals surface area contributed by atoms with E-state index in [0.717, 1.165) is 36.7 Å². The first-order chi connectivity index (χ1) is 12.8. The molecular formula is C19H28N4O3. The van der Waals surface area contributed by atoms with Gasteiger partial charge in [0, 0.05) is 38.5 Å². The molecule has 0 atom stereocenters. The standard InChI is InChI=1S/C19H28N4O3/c1-3-11-26-18-16(7-4-9-21-18)14-23-19(20-2)22-10-6-12-24-15-17-8-5-13-25-17/h4-5,7-9,13H,3,6,10-12,14-15H2,1-2H3,(H2,20,22,23). The van der Waals surface area contributed by atoms with Crippen LogP contribution in [-0.2, 0) is 17.9 Å². The van der Waals surface area contributed by atoms with E-state index in [9.17, 15) is 0 Å². The molecule has 2 heterocycles. The number of nitrogens with zero attached hydrogens (tertiary/aromatic N) is 2. The highest BCUT2D eigenvalue weighted by Gasteiger charge is 2.05. The molecule has 26 heavy (non-hydrogen) atoms. The van der Waals surface area contributed by atoms with Crippen LogP contribution in [0, 0.1) is 0 Å². The Kier molecular flexibility index (Phi) is 9.07. The molecule has 0 aliphatic carbocycles. The topological polar surface area (TPSA) is 80.9 Å². The van der Waals surface area contributed by atoms with Gasteiger partial charge in [0.05, 0.1) is 12.9 Å². The van der Waals surface area contributed by atoms with Gasteiger partial charge in [0.2, 0.25) is 5.88 Å². The molecule has 2 aromatic rings. The molecule has 142 valence electrons. The highest BCUT2D eigenvalue weighted by Crippen LogP contribution is 2.14. The van der Waals surface area contributed by atoms with E-state index in [-0.39, 0.29) is 0 Å². The lowest BCUT2D eigenvalue weighted by Gasteiger charge is -2.14. The largest absolute Gasteiger partial charge is 0.477 e. The molecule has 0 saturated carbocycles. The summed E-state index contributed by atoms with van der Waals surface area (Å²) in [4.78, 5) is 8.52. The number of aliphatic imine (C=N–C) groups is 1. The van der Waals surface area contributed by atoms with Crippen molar-refractivity contribution in [3.8, 4) is 5.88 Å². The number of furan rings is 1. The van der Waals surface area contributed by atoms with E-state index in [1.165, 1.54) is 0 Å². The Morgan fingerprint density at radius 1 is 1.23 bits per heavy atom. The van der Waals surface area contributed by atoms with E-state index in [4.69, 9.17) is 13.9 Å². The minimum atomic E-state index is 0.502. The molecule has 2 aromatic heterocycles. The smallest absolute Gasteiger partial charge is 0.218 e. The van der Waals surface area contributed by atoms with E-state index in [1.54, 1.807) is 19.5 Å². The molecule has 0 unspecified atom stereocenters. The second-order valence-electron chi connectivity index (χ2n) is 5.65. The van der Waals surface area contributed by atoms with Crippen molar-refractivity contribution in [2.24, 2.45) is 4.99 Å². The van der Waals surface area contributed by atoms with Crippen LogP contribution in [0.1, 0.15) is 31.1 Å². The Hall–Kier alpha value is -2.54. The van der Waals surface area contributed by atoms with Crippen LogP contribution < -0.4 is 15.4 Å². The lowest BCUT2D eigenvalue weighted by atomic mass is 10.2. The van der Waals surface area contributed by atoms with Gasteiger partial charge in [-0.15, -0.1) is 0 Å². The summed E-state index contributed by atoms with van der Waals surface area (Å²) in [5, 5.41) is 6.55. The van der Waals surface area contributed by atoms with Gasteiger partial charge in [0.15, 0.2) is 5.96 Å². The summed E-state index contributed by atoms with van der Waals surface area (Å²) in [6.45, 7) is 5.26. The van der Waals surface area contributed by atoms with Crippen molar-refractivity contribution in [1.29, 1.82) is 0 Å². The van der Waals surface area contributed by atoms with Crippen LogP contribution in [0.3, 0.4) is 0 Å². The predicted molar refractivity (Wildman–Crippen MR) is 101 cm³/mol. The normalized spacial score (nSPS) is 11.4. The maximum atomic E-state index is 5.67. The first kappa shape index (κ1) is 19.8. The van der Waals surface area contributed by atoms with Crippen LogP contribution in [0.5, 0.6) is 5.88 Å². The Morgan fingerprint density at radius 3 is 2.92 bits per heavy atom. The van der Waals surface area contributed by atoms with Crippen LogP contribution >= 0.6 is 0 Å². The third-order valence-electron chi connectivity index (χ3n) is 3.55. The summed E-state index contributed by atoms with van der Waals surface area (Å²) < 4.78 is 16.4. The van der Waals surface area contributed by atoms with Crippen LogP contribution in [-0.4, -0.2) is 37.7 Å². The molecule has 0 aliphatic heterocycles. The second kappa shape index (κ2) is 11.9. The van der Waals surface area contributed by atoms with E-state index >= 15 is 0 Å². The number of pyridine rings is 1. The first-order valence-corrected chi connectivity index (χ1v) is 8.94. The highest BCUT2D eigenvalue weighted by molar-refractivity contribution is 5.79. The lowest BCUT2D eigenvalue weighted by molar-refractivity contribution is 0.105. The molecule has 0 spiro atoms. The fourth-order valence-electron chi connectivity index (χ4n) is 2.24. The summed E-state index contributed by atoms with van der Waals surface area (Å²) in [5.41, 5.74) is 1.01. The van der Waals surface area contributed by atoms with Crippen molar-refractivity contribution in [1.82, 2.24) is 15.6 Å². The molecule has 0 aromatic carbocycles. The van der Waals surface area contributed by atoms with E-state index in [2.05, 4.69) is 27.5 Å². The van der Waals surface area contributed by atoms with Crippen LogP contribution in [0.15, 0.2) is 46.1 Å². The molecular weight excluding hydrogens is 332 g/mol. The first-order valence-electron chi connectivity index (χ1n) is 8.94. The predicted octanol–water partition coefficient (Wildman–Crippen LogP) is 2.74. The molecule has 0 bridgehead atoms. The molecule has 0 aliphatic rings. The fourth-order valence-corrected chi connectivity index (χ4v) is 2.24. The zero-order valence-electron chi connectivity index (χ0n) is 15.5. The van der Waals surface area contributed by atoms with Crippen LogP contribution in [0.4, 0.5) is 0 Å². The molecule has 2 N–H and O–H groups in total. The molecule has 0 radical (unpaired) electrons. The monoisotopic (exact) mass is 360 g/mol. The zero-order chi connectivity index (χ0) is 18.5. The van der Waals surface area contributed by atoms with E-state index < -0.39 is 0 Å². The van der Waals surface area contributed by atoms with Gasteiger partial charge < -0.3 is 24.5 Å². The van der Waals surface area contributed by atoms with Crippen molar-refractivity contribution in [3.05, 3.63) is 48.0 Å². The minimum Gasteiger partial charge on any atom is -0.477 e. The third-order valence-corrected chi connectivity index (χ3v) is 3.55. The number of hydrogen-bond acceptors (Lipinski definition) is 5. The van der Waals surface area contributed by atoms with Crippen LogP contribution in [0.2, 0.25) is 0 Å². The summed E-state index contributed by atoms with van der Waals surface area (Å²) in [7, 11) is 1.75.